The van der Waals surface area contributed by atoms with Crippen LogP contribution in [-0.4, -0.2) is 67.6 Å². The predicted octanol–water partition coefficient (Wildman–Crippen LogP) is 3.93. The number of aromatic nitrogens is 1. The Labute approximate surface area is 217 Å². The van der Waals surface area contributed by atoms with Gasteiger partial charge in [-0.25, -0.2) is 5.06 Å². The third kappa shape index (κ3) is 7.01. The van der Waals surface area contributed by atoms with E-state index < -0.39 is 6.10 Å². The number of benzene rings is 3. The van der Waals surface area contributed by atoms with Gasteiger partial charge in [-0.05, 0) is 54.8 Å². The van der Waals surface area contributed by atoms with Gasteiger partial charge in [0.05, 0.1) is 12.6 Å². The van der Waals surface area contributed by atoms with Crippen LogP contribution in [0.5, 0.6) is 11.5 Å². The van der Waals surface area contributed by atoms with E-state index in [9.17, 15) is 9.90 Å². The molecule has 2 unspecified atom stereocenters. The molecule has 4 rings (SSSR count). The van der Waals surface area contributed by atoms with Crippen LogP contribution >= 0.6 is 0 Å². The summed E-state index contributed by atoms with van der Waals surface area (Å²) < 4.78 is 11.5. The number of H-pyrrole nitrogens is 1. The highest BCUT2D eigenvalue weighted by atomic mass is 16.7. The number of nitrogens with zero attached hydrogens (tertiary/aromatic N) is 1. The largest absolute Gasteiger partial charge is 0.490 e. The minimum Gasteiger partial charge on any atom is -0.490 e. The van der Waals surface area contributed by atoms with E-state index in [1.54, 1.807) is 7.05 Å². The van der Waals surface area contributed by atoms with E-state index in [0.29, 0.717) is 18.2 Å². The van der Waals surface area contributed by atoms with E-state index in [-0.39, 0.29) is 19.1 Å². The highest BCUT2D eigenvalue weighted by molar-refractivity contribution is 6.10. The lowest BCUT2D eigenvalue weighted by Gasteiger charge is -2.17. The molecule has 0 spiro atoms. The number of aromatic amines is 1. The number of likely N-dealkylation sites (N-methyl/N-ethyl adjacent to an activating group) is 1. The molecule has 196 valence electrons. The minimum atomic E-state index is -0.621. The molecule has 1 amide bonds. The van der Waals surface area contributed by atoms with Crippen LogP contribution in [0.3, 0.4) is 0 Å². The van der Waals surface area contributed by atoms with Crippen molar-refractivity contribution in [2.24, 2.45) is 5.92 Å². The van der Waals surface area contributed by atoms with Crippen LogP contribution in [0.25, 0.3) is 21.8 Å². The SMILES string of the molecule is CON(C)C(=O)COc1ccc(CC(C)CNCC(O)COc2cccc3[nH]c4ccccc4c23)cc1. The molecule has 3 aromatic carbocycles. The fourth-order valence-electron chi connectivity index (χ4n) is 4.26. The molecule has 2 atom stereocenters. The number of carbonyl (C=O) groups excluding carboxylic acids is 1. The number of hydrogen-bond acceptors (Lipinski definition) is 6. The normalized spacial score (nSPS) is 13.0. The van der Waals surface area contributed by atoms with Crippen molar-refractivity contribution in [3.05, 3.63) is 72.3 Å². The summed E-state index contributed by atoms with van der Waals surface area (Å²) in [5, 5.41) is 17.1. The standard InChI is InChI=1S/C29H35N3O5/c1-20(15-21-11-13-23(14-12-21)36-19-28(34)32(2)35-3)16-30-17-22(33)18-37-27-10-6-9-26-29(27)24-7-4-5-8-25(24)31-26/h4-14,20,22,30-31,33H,15-19H2,1-3H3. The van der Waals surface area contributed by atoms with Gasteiger partial charge in [-0.3, -0.25) is 9.63 Å². The Balaban J connectivity index is 1.19. The van der Waals surface area contributed by atoms with Crippen LogP contribution < -0.4 is 14.8 Å². The van der Waals surface area contributed by atoms with Crippen molar-refractivity contribution in [1.29, 1.82) is 0 Å². The molecule has 0 aliphatic heterocycles. The van der Waals surface area contributed by atoms with Crippen molar-refractivity contribution in [2.75, 3.05) is 40.5 Å². The molecule has 1 heterocycles. The lowest BCUT2D eigenvalue weighted by Crippen LogP contribution is -2.34. The number of ether oxygens (including phenoxy) is 2. The summed E-state index contributed by atoms with van der Waals surface area (Å²) in [6.45, 7) is 3.52. The van der Waals surface area contributed by atoms with Gasteiger partial charge in [0.25, 0.3) is 5.91 Å². The number of aliphatic hydroxyl groups is 1. The maximum Gasteiger partial charge on any atom is 0.283 e. The first-order chi connectivity index (χ1) is 17.9. The molecule has 8 heteroatoms. The Hall–Kier alpha value is -3.59. The van der Waals surface area contributed by atoms with E-state index in [4.69, 9.17) is 14.3 Å². The van der Waals surface area contributed by atoms with Gasteiger partial charge in [-0.15, -0.1) is 0 Å². The van der Waals surface area contributed by atoms with Gasteiger partial charge in [0.15, 0.2) is 6.61 Å². The van der Waals surface area contributed by atoms with Crippen LogP contribution in [0.1, 0.15) is 12.5 Å². The maximum absolute atomic E-state index is 11.8. The maximum atomic E-state index is 11.8. The van der Waals surface area contributed by atoms with Crippen LogP contribution in [0.2, 0.25) is 0 Å². The summed E-state index contributed by atoms with van der Waals surface area (Å²) in [4.78, 5) is 20.0. The Kier molecular flexibility index (Phi) is 9.00. The molecule has 37 heavy (non-hydrogen) atoms. The zero-order chi connectivity index (χ0) is 26.2. The summed E-state index contributed by atoms with van der Waals surface area (Å²) in [7, 11) is 2.98. The van der Waals surface area contributed by atoms with Crippen LogP contribution in [0.15, 0.2) is 66.7 Å². The molecule has 0 saturated carbocycles. The molecule has 0 aliphatic rings. The summed E-state index contributed by atoms with van der Waals surface area (Å²) in [5.74, 6) is 1.52. The molecule has 1 aromatic heterocycles. The first-order valence-electron chi connectivity index (χ1n) is 12.5. The first-order valence-corrected chi connectivity index (χ1v) is 12.5. The number of amides is 1. The molecule has 0 saturated heterocycles. The molecule has 8 nitrogen and oxygen atoms in total. The topological polar surface area (TPSA) is 96.1 Å². The number of carbonyl (C=O) groups is 1. The molecule has 0 aliphatic carbocycles. The third-order valence-electron chi connectivity index (χ3n) is 6.29. The molecule has 4 aromatic rings. The average Bonchev–Trinajstić information content (AvgIpc) is 3.30. The monoisotopic (exact) mass is 505 g/mol. The van der Waals surface area contributed by atoms with Crippen LogP contribution in [-0.2, 0) is 16.1 Å². The highest BCUT2D eigenvalue weighted by Gasteiger charge is 2.13. The van der Waals surface area contributed by atoms with Gasteiger partial charge in [0.1, 0.15) is 24.2 Å². The molecular weight excluding hydrogens is 470 g/mol. The average molecular weight is 506 g/mol. The molecular formula is C29H35N3O5. The zero-order valence-corrected chi connectivity index (χ0v) is 21.6. The number of para-hydroxylation sites is 1. The zero-order valence-electron chi connectivity index (χ0n) is 21.6. The van der Waals surface area contributed by atoms with Crippen molar-refractivity contribution in [3.8, 4) is 11.5 Å². The van der Waals surface area contributed by atoms with E-state index in [2.05, 4.69) is 23.3 Å². The van der Waals surface area contributed by atoms with E-state index in [0.717, 1.165) is 45.6 Å². The molecule has 0 bridgehead atoms. The van der Waals surface area contributed by atoms with Gasteiger partial charge >= 0.3 is 0 Å². The van der Waals surface area contributed by atoms with Crippen LogP contribution in [0.4, 0.5) is 0 Å². The number of aliphatic hydroxyl groups excluding tert-OH is 1. The number of rotatable bonds is 13. The predicted molar refractivity (Wildman–Crippen MR) is 145 cm³/mol. The smallest absolute Gasteiger partial charge is 0.283 e. The molecule has 3 N–H and O–H groups in total. The summed E-state index contributed by atoms with van der Waals surface area (Å²) in [6, 6.07) is 21.8. The quantitative estimate of drug-likeness (QED) is 0.238. The summed E-state index contributed by atoms with van der Waals surface area (Å²) >= 11 is 0. The van der Waals surface area contributed by atoms with Crippen molar-refractivity contribution in [1.82, 2.24) is 15.4 Å². The van der Waals surface area contributed by atoms with E-state index in [1.165, 1.54) is 12.7 Å². The Morgan fingerprint density at radius 3 is 2.54 bits per heavy atom. The second-order valence-corrected chi connectivity index (χ2v) is 9.29. The number of fused-ring (bicyclic) bond motifs is 3. The van der Waals surface area contributed by atoms with Gasteiger partial charge in [0.2, 0.25) is 0 Å². The fraction of sp³-hybridized carbons (Fsp3) is 0.345. The Morgan fingerprint density at radius 2 is 1.76 bits per heavy atom. The lowest BCUT2D eigenvalue weighted by molar-refractivity contribution is -0.170. The second-order valence-electron chi connectivity index (χ2n) is 9.29. The van der Waals surface area contributed by atoms with E-state index >= 15 is 0 Å². The third-order valence-corrected chi connectivity index (χ3v) is 6.29. The number of hydroxylamine groups is 2. The summed E-state index contributed by atoms with van der Waals surface area (Å²) in [6.07, 6.45) is 0.261. The van der Waals surface area contributed by atoms with Gasteiger partial charge in [-0.2, -0.15) is 0 Å². The van der Waals surface area contributed by atoms with Gasteiger partial charge < -0.3 is 24.9 Å². The van der Waals surface area contributed by atoms with Gasteiger partial charge in [0, 0.05) is 29.9 Å². The Morgan fingerprint density at radius 1 is 1.00 bits per heavy atom. The Bertz CT molecular complexity index is 1300. The van der Waals surface area contributed by atoms with Crippen molar-refractivity contribution < 1.29 is 24.2 Å². The summed E-state index contributed by atoms with van der Waals surface area (Å²) in [5.41, 5.74) is 3.27. The van der Waals surface area contributed by atoms with Gasteiger partial charge in [-0.1, -0.05) is 43.3 Å². The fourth-order valence-corrected chi connectivity index (χ4v) is 4.26. The van der Waals surface area contributed by atoms with Crippen molar-refractivity contribution in [2.45, 2.75) is 19.4 Å². The molecule has 0 fully saturated rings. The minimum absolute atomic E-state index is 0.0764. The van der Waals surface area contributed by atoms with Crippen LogP contribution in [0, 0.1) is 5.92 Å². The van der Waals surface area contributed by atoms with E-state index in [1.807, 2.05) is 60.7 Å². The number of nitrogens with one attached hydrogen (secondary N) is 2. The van der Waals surface area contributed by atoms with Crippen molar-refractivity contribution in [3.63, 3.8) is 0 Å². The first kappa shape index (κ1) is 26.5. The highest BCUT2D eigenvalue weighted by Crippen LogP contribution is 2.33. The second kappa shape index (κ2) is 12.6. The van der Waals surface area contributed by atoms with Crippen molar-refractivity contribution >= 4 is 27.7 Å². The molecule has 0 radical (unpaired) electrons. The lowest BCUT2D eigenvalue weighted by atomic mass is 10.0. The number of hydrogen-bond donors (Lipinski definition) is 3.